The second-order valence-corrected chi connectivity index (χ2v) is 6.69. The highest BCUT2D eigenvalue weighted by atomic mass is 32.2. The highest BCUT2D eigenvalue weighted by molar-refractivity contribution is 7.91. The Bertz CT molecular complexity index is 718. The predicted molar refractivity (Wildman–Crippen MR) is 72.9 cm³/mol. The van der Waals surface area contributed by atoms with E-state index in [-0.39, 0.29) is 23.7 Å². The first-order valence-electron chi connectivity index (χ1n) is 5.87. The molecule has 1 aromatic heterocycles. The standard InChI is InChI=1S/C12H14N2O4S/c1-2-19(17,18)9-8-13-7-6-10-4-3-5-11(12(10)13)14(15)16/h3-7H,2,8-9H2,1H3. The Morgan fingerprint density at radius 3 is 2.68 bits per heavy atom. The molecule has 0 N–H and O–H groups in total. The van der Waals surface area contributed by atoms with Crippen LogP contribution in [0, 0.1) is 10.1 Å². The average molecular weight is 282 g/mol. The Morgan fingerprint density at radius 2 is 2.05 bits per heavy atom. The lowest BCUT2D eigenvalue weighted by Gasteiger charge is -2.05. The summed E-state index contributed by atoms with van der Waals surface area (Å²) in [6.45, 7) is 1.82. The van der Waals surface area contributed by atoms with Gasteiger partial charge in [0.05, 0.1) is 10.7 Å². The second kappa shape index (κ2) is 5.00. The number of sulfone groups is 1. The van der Waals surface area contributed by atoms with Crippen molar-refractivity contribution in [2.75, 3.05) is 11.5 Å². The number of aryl methyl sites for hydroxylation is 1. The van der Waals surface area contributed by atoms with Crippen molar-refractivity contribution in [3.8, 4) is 0 Å². The van der Waals surface area contributed by atoms with Crippen molar-refractivity contribution in [1.82, 2.24) is 4.57 Å². The summed E-state index contributed by atoms with van der Waals surface area (Å²) in [5.41, 5.74) is 0.468. The third-order valence-corrected chi connectivity index (χ3v) is 4.73. The van der Waals surface area contributed by atoms with E-state index in [1.165, 1.54) is 6.07 Å². The minimum absolute atomic E-state index is 0.00334. The Balaban J connectivity index is 2.42. The molecule has 0 amide bonds. The van der Waals surface area contributed by atoms with E-state index in [0.29, 0.717) is 5.52 Å². The second-order valence-electron chi connectivity index (χ2n) is 4.22. The molecule has 0 aliphatic carbocycles. The van der Waals surface area contributed by atoms with Crippen LogP contribution in [0.25, 0.3) is 10.9 Å². The molecule has 0 aliphatic rings. The summed E-state index contributed by atoms with van der Waals surface area (Å²) < 4.78 is 24.6. The molecule has 0 unspecified atom stereocenters. The van der Waals surface area contributed by atoms with Gasteiger partial charge in [-0.3, -0.25) is 10.1 Å². The molecule has 2 rings (SSSR count). The van der Waals surface area contributed by atoms with Crippen molar-refractivity contribution in [1.29, 1.82) is 0 Å². The summed E-state index contributed by atoms with van der Waals surface area (Å²) in [4.78, 5) is 10.5. The van der Waals surface area contributed by atoms with Crippen LogP contribution in [0.1, 0.15) is 6.92 Å². The van der Waals surface area contributed by atoms with Crippen LogP contribution in [0.3, 0.4) is 0 Å². The van der Waals surface area contributed by atoms with Crippen molar-refractivity contribution < 1.29 is 13.3 Å². The molecule has 0 aliphatic heterocycles. The zero-order valence-corrected chi connectivity index (χ0v) is 11.3. The number of nitro benzene ring substituents is 1. The summed E-state index contributed by atoms with van der Waals surface area (Å²) in [5.74, 6) is 0.0631. The van der Waals surface area contributed by atoms with Gasteiger partial charge in [-0.1, -0.05) is 19.1 Å². The van der Waals surface area contributed by atoms with Gasteiger partial charge >= 0.3 is 0 Å². The van der Waals surface area contributed by atoms with E-state index in [1.807, 2.05) is 0 Å². The third kappa shape index (κ3) is 2.76. The van der Waals surface area contributed by atoms with Crippen LogP contribution in [0.5, 0.6) is 0 Å². The fourth-order valence-corrected chi connectivity index (χ4v) is 2.72. The van der Waals surface area contributed by atoms with Crippen LogP contribution in [-0.2, 0) is 16.4 Å². The SMILES string of the molecule is CCS(=O)(=O)CCn1ccc2cccc([N+](=O)[O-])c21. The molecule has 0 radical (unpaired) electrons. The molecule has 7 heteroatoms. The number of aromatic nitrogens is 1. The molecule has 0 bridgehead atoms. The van der Waals surface area contributed by atoms with Crippen molar-refractivity contribution in [3.05, 3.63) is 40.6 Å². The van der Waals surface area contributed by atoms with Gasteiger partial charge < -0.3 is 4.57 Å². The number of nitro groups is 1. The minimum Gasteiger partial charge on any atom is -0.341 e. The Morgan fingerprint density at radius 1 is 1.32 bits per heavy atom. The zero-order valence-electron chi connectivity index (χ0n) is 10.4. The van der Waals surface area contributed by atoms with Crippen LogP contribution < -0.4 is 0 Å². The van der Waals surface area contributed by atoms with Gasteiger partial charge in [-0.2, -0.15) is 0 Å². The van der Waals surface area contributed by atoms with Gasteiger partial charge in [-0.15, -0.1) is 0 Å². The summed E-state index contributed by atoms with van der Waals surface area (Å²) in [7, 11) is -3.09. The van der Waals surface area contributed by atoms with E-state index >= 15 is 0 Å². The van der Waals surface area contributed by atoms with Gasteiger partial charge in [0, 0.05) is 29.9 Å². The fourth-order valence-electron chi connectivity index (χ4n) is 1.96. The molecule has 0 atom stereocenters. The molecule has 0 saturated heterocycles. The highest BCUT2D eigenvalue weighted by Crippen LogP contribution is 2.26. The predicted octanol–water partition coefficient (Wildman–Crippen LogP) is 1.98. The van der Waals surface area contributed by atoms with Gasteiger partial charge in [0.15, 0.2) is 9.84 Å². The number of benzene rings is 1. The van der Waals surface area contributed by atoms with Crippen molar-refractivity contribution in [2.24, 2.45) is 0 Å². The number of fused-ring (bicyclic) bond motifs is 1. The minimum atomic E-state index is -3.09. The van der Waals surface area contributed by atoms with Crippen molar-refractivity contribution >= 4 is 26.4 Å². The number of nitrogens with zero attached hydrogens (tertiary/aromatic N) is 2. The van der Waals surface area contributed by atoms with E-state index in [4.69, 9.17) is 0 Å². The monoisotopic (exact) mass is 282 g/mol. The number of rotatable bonds is 5. The van der Waals surface area contributed by atoms with Crippen LogP contribution in [0.4, 0.5) is 5.69 Å². The smallest absolute Gasteiger partial charge is 0.293 e. The van der Waals surface area contributed by atoms with Crippen LogP contribution in [0.15, 0.2) is 30.5 Å². The molecule has 0 fully saturated rings. The van der Waals surface area contributed by atoms with Gasteiger partial charge in [0.2, 0.25) is 0 Å². The van der Waals surface area contributed by atoms with Gasteiger partial charge in [0.25, 0.3) is 5.69 Å². The highest BCUT2D eigenvalue weighted by Gasteiger charge is 2.16. The maximum atomic E-state index is 11.5. The van der Waals surface area contributed by atoms with Crippen molar-refractivity contribution in [3.63, 3.8) is 0 Å². The maximum absolute atomic E-state index is 11.5. The summed E-state index contributed by atoms with van der Waals surface area (Å²) >= 11 is 0. The first-order valence-corrected chi connectivity index (χ1v) is 7.69. The molecule has 1 aromatic carbocycles. The molecule has 6 nitrogen and oxygen atoms in total. The quantitative estimate of drug-likeness (QED) is 0.620. The Hall–Kier alpha value is -1.89. The first-order chi connectivity index (χ1) is 8.94. The van der Waals surface area contributed by atoms with Crippen LogP contribution >= 0.6 is 0 Å². The normalized spacial score (nSPS) is 11.8. The Kier molecular flexibility index (Phi) is 3.57. The van der Waals surface area contributed by atoms with Crippen molar-refractivity contribution in [2.45, 2.75) is 13.5 Å². The molecule has 1 heterocycles. The van der Waals surface area contributed by atoms with E-state index in [2.05, 4.69) is 0 Å². The molecule has 2 aromatic rings. The lowest BCUT2D eigenvalue weighted by molar-refractivity contribution is -0.383. The lowest BCUT2D eigenvalue weighted by Crippen LogP contribution is -2.14. The van der Waals surface area contributed by atoms with Gasteiger partial charge in [-0.05, 0) is 6.07 Å². The number of hydrogen-bond acceptors (Lipinski definition) is 4. The number of para-hydroxylation sites is 1. The lowest BCUT2D eigenvalue weighted by atomic mass is 10.2. The maximum Gasteiger partial charge on any atom is 0.293 e. The topological polar surface area (TPSA) is 82.2 Å². The fraction of sp³-hybridized carbons (Fsp3) is 0.333. The zero-order chi connectivity index (χ0) is 14.0. The molecule has 0 saturated carbocycles. The Labute approximate surface area is 110 Å². The largest absolute Gasteiger partial charge is 0.341 e. The van der Waals surface area contributed by atoms with E-state index in [0.717, 1.165) is 5.39 Å². The summed E-state index contributed by atoms with van der Waals surface area (Å²) in [5, 5.41) is 11.7. The summed E-state index contributed by atoms with van der Waals surface area (Å²) in [6, 6.07) is 6.56. The van der Waals surface area contributed by atoms with Crippen LogP contribution in [-0.4, -0.2) is 29.4 Å². The molecule has 102 valence electrons. The van der Waals surface area contributed by atoms with E-state index in [9.17, 15) is 18.5 Å². The summed E-state index contributed by atoms with van der Waals surface area (Å²) in [6.07, 6.45) is 1.68. The van der Waals surface area contributed by atoms with Gasteiger partial charge in [-0.25, -0.2) is 8.42 Å². The van der Waals surface area contributed by atoms with E-state index < -0.39 is 14.8 Å². The molecular formula is C12H14N2O4S. The average Bonchev–Trinajstić information content (AvgIpc) is 2.79. The van der Waals surface area contributed by atoms with Crippen LogP contribution in [0.2, 0.25) is 0 Å². The molecule has 19 heavy (non-hydrogen) atoms. The molecular weight excluding hydrogens is 268 g/mol. The van der Waals surface area contributed by atoms with Gasteiger partial charge in [0.1, 0.15) is 5.52 Å². The van der Waals surface area contributed by atoms with E-state index in [1.54, 1.807) is 35.9 Å². The first kappa shape index (κ1) is 13.5. The molecule has 0 spiro atoms. The number of non-ortho nitro benzene ring substituents is 1. The third-order valence-electron chi connectivity index (χ3n) is 3.05. The number of hydrogen-bond donors (Lipinski definition) is 0.